The lowest BCUT2D eigenvalue weighted by molar-refractivity contribution is -0.0494. The van der Waals surface area contributed by atoms with Crippen LogP contribution in [0.1, 0.15) is 64.0 Å². The number of hydrogen-bond donors (Lipinski definition) is 1. The SMILES string of the molecule is CC[C@H]1O[C@@H](n2cnc3c(NC(=O)c4ccccc4)ncnc32)[C@@H](OC)C1OP(OCCC#N)N(C(C)C)C(C)C. The number of nitriles is 1. The second-order valence-corrected chi connectivity index (χ2v) is 11.6. The molecule has 0 saturated carbocycles. The van der Waals surface area contributed by atoms with Crippen molar-refractivity contribution in [3.05, 3.63) is 48.5 Å². The molecule has 41 heavy (non-hydrogen) atoms. The maximum absolute atomic E-state index is 12.8. The number of fused-ring (bicyclic) bond motifs is 1. The van der Waals surface area contributed by atoms with Crippen LogP contribution in [0, 0.1) is 11.3 Å². The van der Waals surface area contributed by atoms with Gasteiger partial charge >= 0.3 is 0 Å². The van der Waals surface area contributed by atoms with Crippen molar-refractivity contribution < 1.29 is 23.3 Å². The molecule has 1 amide bonds. The standard InChI is InChI=1S/C28H38N7O5P/c1-7-21-23(40-41(38-15-11-14-29)35(18(2)3)19(4)5)24(37-6)28(39-21)34-17-32-22-25(30-16-31-26(22)34)33-27(36)20-12-9-8-10-13-20/h8-10,12-13,16-19,21,23-24,28H,7,11,15H2,1-6H3,(H,30,31,33,36)/t21-,23?,24+,28-,41?/m1/s1. The van der Waals surface area contributed by atoms with Crippen LogP contribution in [0.4, 0.5) is 5.82 Å². The first-order valence-corrected chi connectivity index (χ1v) is 14.9. The minimum absolute atomic E-state index is 0.154. The van der Waals surface area contributed by atoms with Crippen LogP contribution in [-0.4, -0.2) is 74.2 Å². The van der Waals surface area contributed by atoms with Crippen LogP contribution in [0.15, 0.2) is 43.0 Å². The lowest BCUT2D eigenvalue weighted by Gasteiger charge is -2.38. The molecule has 2 aromatic heterocycles. The first-order valence-electron chi connectivity index (χ1n) is 13.8. The fraction of sp³-hybridized carbons (Fsp3) is 0.536. The molecule has 1 aliphatic heterocycles. The van der Waals surface area contributed by atoms with Crippen LogP contribution in [0.2, 0.25) is 0 Å². The third-order valence-electron chi connectivity index (χ3n) is 6.74. The molecule has 1 fully saturated rings. The summed E-state index contributed by atoms with van der Waals surface area (Å²) in [5.74, 6) is 0.00416. The number of nitrogens with one attached hydrogen (secondary N) is 1. The number of rotatable bonds is 13. The number of methoxy groups -OCH3 is 1. The first-order chi connectivity index (χ1) is 19.8. The molecule has 220 valence electrons. The first kappa shape index (κ1) is 30.9. The van der Waals surface area contributed by atoms with Crippen molar-refractivity contribution in [1.82, 2.24) is 24.2 Å². The van der Waals surface area contributed by atoms with E-state index in [-0.39, 0.29) is 37.1 Å². The van der Waals surface area contributed by atoms with E-state index in [1.807, 2.05) is 13.0 Å². The Morgan fingerprint density at radius 3 is 2.54 bits per heavy atom. The lowest BCUT2D eigenvalue weighted by atomic mass is 10.1. The molecule has 3 aromatic rings. The van der Waals surface area contributed by atoms with Gasteiger partial charge in [-0.05, 0) is 46.2 Å². The highest BCUT2D eigenvalue weighted by Crippen LogP contribution is 2.51. The summed E-state index contributed by atoms with van der Waals surface area (Å²) in [6.45, 7) is 10.7. The lowest BCUT2D eigenvalue weighted by Crippen LogP contribution is -2.39. The summed E-state index contributed by atoms with van der Waals surface area (Å²) in [5.41, 5.74) is 1.43. The Morgan fingerprint density at radius 2 is 1.90 bits per heavy atom. The van der Waals surface area contributed by atoms with Gasteiger partial charge in [0.25, 0.3) is 14.4 Å². The van der Waals surface area contributed by atoms with Crippen molar-refractivity contribution >= 4 is 31.4 Å². The number of amides is 1. The number of ether oxygens (including phenoxy) is 2. The van der Waals surface area contributed by atoms with E-state index in [4.69, 9.17) is 23.8 Å². The Morgan fingerprint density at radius 1 is 1.17 bits per heavy atom. The Labute approximate surface area is 241 Å². The van der Waals surface area contributed by atoms with Crippen LogP contribution in [0.3, 0.4) is 0 Å². The molecule has 3 heterocycles. The highest BCUT2D eigenvalue weighted by atomic mass is 31.2. The van der Waals surface area contributed by atoms with E-state index in [0.717, 1.165) is 0 Å². The van der Waals surface area contributed by atoms with Gasteiger partial charge in [0.2, 0.25) is 0 Å². The number of hydrogen-bond acceptors (Lipinski definition) is 10. The zero-order valence-electron chi connectivity index (χ0n) is 24.3. The maximum Gasteiger partial charge on any atom is 0.259 e. The van der Waals surface area contributed by atoms with Crippen LogP contribution in [-0.2, 0) is 18.5 Å². The second kappa shape index (κ2) is 14.2. The van der Waals surface area contributed by atoms with Gasteiger partial charge in [-0.15, -0.1) is 0 Å². The van der Waals surface area contributed by atoms with E-state index in [0.29, 0.717) is 29.0 Å². The summed E-state index contributed by atoms with van der Waals surface area (Å²) < 4.78 is 29.3. The Hall–Kier alpha value is -3.04. The summed E-state index contributed by atoms with van der Waals surface area (Å²) in [6.07, 6.45) is 2.07. The zero-order valence-corrected chi connectivity index (χ0v) is 25.2. The van der Waals surface area contributed by atoms with Gasteiger partial charge in [0.1, 0.15) is 18.5 Å². The average Bonchev–Trinajstić information content (AvgIpc) is 3.54. The third-order valence-corrected chi connectivity index (χ3v) is 8.86. The van der Waals surface area contributed by atoms with Gasteiger partial charge in [-0.3, -0.25) is 9.36 Å². The number of carbonyl (C=O) groups is 1. The smallest absolute Gasteiger partial charge is 0.259 e. The largest absolute Gasteiger partial charge is 0.374 e. The summed E-state index contributed by atoms with van der Waals surface area (Å²) in [5, 5.41) is 11.9. The predicted octanol–water partition coefficient (Wildman–Crippen LogP) is 5.06. The summed E-state index contributed by atoms with van der Waals surface area (Å²) in [6, 6.07) is 11.3. The Kier molecular flexibility index (Phi) is 10.7. The number of carbonyl (C=O) groups excluding carboxylic acids is 1. The average molecular weight is 584 g/mol. The van der Waals surface area contributed by atoms with Gasteiger partial charge in [-0.25, -0.2) is 19.6 Å². The number of anilines is 1. The van der Waals surface area contributed by atoms with E-state index in [1.54, 1.807) is 42.3 Å². The van der Waals surface area contributed by atoms with Crippen LogP contribution >= 0.6 is 8.53 Å². The molecule has 13 heteroatoms. The molecule has 5 atom stereocenters. The molecule has 0 bridgehead atoms. The second-order valence-electron chi connectivity index (χ2n) is 10.2. The van der Waals surface area contributed by atoms with Crippen molar-refractivity contribution in [3.8, 4) is 6.07 Å². The van der Waals surface area contributed by atoms with Crippen LogP contribution in [0.5, 0.6) is 0 Å². The fourth-order valence-electron chi connectivity index (χ4n) is 4.94. The van der Waals surface area contributed by atoms with Gasteiger partial charge in [0.15, 0.2) is 23.2 Å². The van der Waals surface area contributed by atoms with E-state index >= 15 is 0 Å². The highest BCUT2D eigenvalue weighted by molar-refractivity contribution is 7.44. The van der Waals surface area contributed by atoms with Crippen molar-refractivity contribution in [2.75, 3.05) is 19.0 Å². The minimum Gasteiger partial charge on any atom is -0.374 e. The number of nitrogens with zero attached hydrogens (tertiary/aromatic N) is 6. The quantitative estimate of drug-likeness (QED) is 0.215. The molecule has 1 saturated heterocycles. The Bertz CT molecular complexity index is 1320. The number of aromatic nitrogens is 4. The molecule has 0 spiro atoms. The van der Waals surface area contributed by atoms with Gasteiger partial charge in [0.05, 0.1) is 31.5 Å². The van der Waals surface area contributed by atoms with Gasteiger partial charge < -0.3 is 23.8 Å². The fourth-order valence-corrected chi connectivity index (χ4v) is 6.70. The zero-order chi connectivity index (χ0) is 29.5. The van der Waals surface area contributed by atoms with Crippen molar-refractivity contribution in [3.63, 3.8) is 0 Å². The summed E-state index contributed by atoms with van der Waals surface area (Å²) >= 11 is 0. The van der Waals surface area contributed by atoms with E-state index in [2.05, 4.69) is 58.7 Å². The van der Waals surface area contributed by atoms with E-state index in [1.165, 1.54) is 6.33 Å². The van der Waals surface area contributed by atoms with Crippen LogP contribution < -0.4 is 5.32 Å². The van der Waals surface area contributed by atoms with E-state index in [9.17, 15) is 4.79 Å². The molecule has 1 N–H and O–H groups in total. The predicted molar refractivity (Wildman–Crippen MR) is 155 cm³/mol. The van der Waals surface area contributed by atoms with E-state index < -0.39 is 27.0 Å². The third kappa shape index (κ3) is 6.89. The van der Waals surface area contributed by atoms with Crippen molar-refractivity contribution in [2.45, 2.75) is 84.1 Å². The minimum atomic E-state index is -1.51. The molecule has 12 nitrogen and oxygen atoms in total. The number of imidazole rings is 1. The molecule has 2 unspecified atom stereocenters. The highest BCUT2D eigenvalue weighted by Gasteiger charge is 2.49. The van der Waals surface area contributed by atoms with Crippen LogP contribution in [0.25, 0.3) is 11.2 Å². The van der Waals surface area contributed by atoms with Crippen molar-refractivity contribution in [2.24, 2.45) is 0 Å². The van der Waals surface area contributed by atoms with Gasteiger partial charge in [-0.1, -0.05) is 25.1 Å². The maximum atomic E-state index is 12.8. The monoisotopic (exact) mass is 583 g/mol. The van der Waals surface area contributed by atoms with Gasteiger partial charge in [0, 0.05) is 24.8 Å². The molecule has 0 radical (unpaired) electrons. The molecule has 0 aliphatic carbocycles. The van der Waals surface area contributed by atoms with Crippen molar-refractivity contribution in [1.29, 1.82) is 5.26 Å². The Balaban J connectivity index is 1.62. The normalized spacial score (nSPS) is 21.6. The number of benzene rings is 1. The summed E-state index contributed by atoms with van der Waals surface area (Å²) in [7, 11) is 0.107. The molecule has 1 aliphatic rings. The van der Waals surface area contributed by atoms with Gasteiger partial charge in [-0.2, -0.15) is 5.26 Å². The molecule has 4 rings (SSSR count). The molecular weight excluding hydrogens is 545 g/mol. The summed E-state index contributed by atoms with van der Waals surface area (Å²) in [4.78, 5) is 26.0. The molecule has 1 aromatic carbocycles. The topological polar surface area (TPSA) is 137 Å². The molecular formula is C28H38N7O5P.